The van der Waals surface area contributed by atoms with Crippen LogP contribution in [0.25, 0.3) is 0 Å². The summed E-state index contributed by atoms with van der Waals surface area (Å²) in [7, 11) is 1.90. The number of aldehydes is 1. The number of anilines is 1. The van der Waals surface area contributed by atoms with E-state index in [1.807, 2.05) is 11.9 Å². The van der Waals surface area contributed by atoms with E-state index in [-0.39, 0.29) is 16.7 Å². The van der Waals surface area contributed by atoms with E-state index in [0.717, 1.165) is 12.2 Å². The first-order valence-corrected chi connectivity index (χ1v) is 5.69. The number of hydrogen-bond donors (Lipinski definition) is 0. The Hall–Kier alpha value is -1.91. The lowest BCUT2D eigenvalue weighted by molar-refractivity contribution is -0.385. The molecule has 0 spiro atoms. The SMILES string of the molecule is CN(CC(C)(C)C)c1ccc([N+](=O)[O-])c(C=O)c1. The van der Waals surface area contributed by atoms with Crippen LogP contribution in [0.4, 0.5) is 11.4 Å². The number of benzene rings is 1. The smallest absolute Gasteiger partial charge is 0.280 e. The molecule has 0 unspecified atom stereocenters. The summed E-state index contributed by atoms with van der Waals surface area (Å²) in [5, 5.41) is 10.7. The van der Waals surface area contributed by atoms with Gasteiger partial charge in [-0.05, 0) is 17.5 Å². The molecule has 1 aromatic carbocycles. The lowest BCUT2D eigenvalue weighted by Crippen LogP contribution is -2.29. The Morgan fingerprint density at radius 2 is 2.00 bits per heavy atom. The van der Waals surface area contributed by atoms with E-state index < -0.39 is 4.92 Å². The molecule has 0 saturated heterocycles. The van der Waals surface area contributed by atoms with E-state index in [9.17, 15) is 14.9 Å². The zero-order valence-corrected chi connectivity index (χ0v) is 11.1. The topological polar surface area (TPSA) is 63.4 Å². The molecule has 5 heteroatoms. The van der Waals surface area contributed by atoms with Crippen molar-refractivity contribution in [1.29, 1.82) is 0 Å². The number of carbonyl (C=O) groups excluding carboxylic acids is 1. The zero-order chi connectivity index (χ0) is 13.9. The molecule has 1 rings (SSSR count). The lowest BCUT2D eigenvalue weighted by Gasteiger charge is -2.28. The summed E-state index contributed by atoms with van der Waals surface area (Å²) in [6.45, 7) is 7.11. The molecule has 0 aliphatic carbocycles. The molecule has 0 aliphatic heterocycles. The average Bonchev–Trinajstić information content (AvgIpc) is 2.25. The summed E-state index contributed by atoms with van der Waals surface area (Å²) >= 11 is 0. The summed E-state index contributed by atoms with van der Waals surface area (Å²) in [5.41, 5.74) is 0.867. The van der Waals surface area contributed by atoms with Crippen LogP contribution in [0.3, 0.4) is 0 Å². The molecule has 0 aliphatic rings. The van der Waals surface area contributed by atoms with Crippen LogP contribution in [0.1, 0.15) is 31.1 Å². The molecule has 1 aromatic rings. The minimum absolute atomic E-state index is 0.109. The second-order valence-electron chi connectivity index (χ2n) is 5.53. The van der Waals surface area contributed by atoms with Crippen LogP contribution < -0.4 is 4.90 Å². The fourth-order valence-corrected chi connectivity index (χ4v) is 1.84. The molecule has 18 heavy (non-hydrogen) atoms. The van der Waals surface area contributed by atoms with Crippen molar-refractivity contribution < 1.29 is 9.72 Å². The van der Waals surface area contributed by atoms with Gasteiger partial charge in [-0.1, -0.05) is 20.8 Å². The van der Waals surface area contributed by atoms with Gasteiger partial charge in [-0.15, -0.1) is 0 Å². The third-order valence-electron chi connectivity index (χ3n) is 2.49. The Bertz CT molecular complexity index is 464. The van der Waals surface area contributed by atoms with Crippen LogP contribution in [-0.2, 0) is 0 Å². The van der Waals surface area contributed by atoms with Crippen molar-refractivity contribution in [3.63, 3.8) is 0 Å². The van der Waals surface area contributed by atoms with E-state index in [1.54, 1.807) is 12.1 Å². The van der Waals surface area contributed by atoms with E-state index in [2.05, 4.69) is 20.8 Å². The van der Waals surface area contributed by atoms with Crippen LogP contribution in [0.5, 0.6) is 0 Å². The number of nitro benzene ring substituents is 1. The monoisotopic (exact) mass is 250 g/mol. The van der Waals surface area contributed by atoms with E-state index >= 15 is 0 Å². The molecule has 0 fully saturated rings. The van der Waals surface area contributed by atoms with E-state index in [4.69, 9.17) is 0 Å². The number of nitro groups is 1. The third kappa shape index (κ3) is 3.55. The Kier molecular flexibility index (Phi) is 4.06. The summed E-state index contributed by atoms with van der Waals surface area (Å²) in [6, 6.07) is 4.59. The van der Waals surface area contributed by atoms with Gasteiger partial charge in [0.05, 0.1) is 10.5 Å². The maximum absolute atomic E-state index is 10.9. The fourth-order valence-electron chi connectivity index (χ4n) is 1.84. The van der Waals surface area contributed by atoms with Crippen molar-refractivity contribution in [3.8, 4) is 0 Å². The summed E-state index contributed by atoms with van der Waals surface area (Å²) < 4.78 is 0. The molecule has 0 radical (unpaired) electrons. The first-order chi connectivity index (χ1) is 8.24. The number of carbonyl (C=O) groups is 1. The van der Waals surface area contributed by atoms with Gasteiger partial charge < -0.3 is 4.90 Å². The molecule has 0 saturated carbocycles. The number of rotatable bonds is 4. The Morgan fingerprint density at radius 1 is 1.39 bits per heavy atom. The predicted octanol–water partition coefficient (Wildman–Crippen LogP) is 2.89. The van der Waals surface area contributed by atoms with Gasteiger partial charge >= 0.3 is 0 Å². The highest BCUT2D eigenvalue weighted by molar-refractivity contribution is 5.83. The van der Waals surface area contributed by atoms with Gasteiger partial charge in [0.1, 0.15) is 0 Å². The van der Waals surface area contributed by atoms with Crippen molar-refractivity contribution in [2.75, 3.05) is 18.5 Å². The quantitative estimate of drug-likeness (QED) is 0.468. The molecule has 0 aromatic heterocycles. The first-order valence-electron chi connectivity index (χ1n) is 5.69. The van der Waals surface area contributed by atoms with Crippen LogP contribution >= 0.6 is 0 Å². The number of nitrogens with zero attached hydrogens (tertiary/aromatic N) is 2. The standard InChI is InChI=1S/C13H18N2O3/c1-13(2,3)9-14(4)11-5-6-12(15(17)18)10(7-11)8-16/h5-8H,9H2,1-4H3. The van der Waals surface area contributed by atoms with E-state index in [0.29, 0.717) is 6.29 Å². The molecular formula is C13H18N2O3. The van der Waals surface area contributed by atoms with Crippen molar-refractivity contribution in [2.45, 2.75) is 20.8 Å². The van der Waals surface area contributed by atoms with Gasteiger partial charge in [0, 0.05) is 25.3 Å². The minimum atomic E-state index is -0.544. The zero-order valence-electron chi connectivity index (χ0n) is 11.1. The summed E-state index contributed by atoms with van der Waals surface area (Å²) in [6.07, 6.45) is 0.520. The predicted molar refractivity (Wildman–Crippen MR) is 71.2 cm³/mol. The molecule has 5 nitrogen and oxygen atoms in total. The summed E-state index contributed by atoms with van der Waals surface area (Å²) in [5.74, 6) is 0. The maximum atomic E-state index is 10.9. The molecule has 98 valence electrons. The maximum Gasteiger partial charge on any atom is 0.280 e. The normalized spacial score (nSPS) is 11.1. The largest absolute Gasteiger partial charge is 0.374 e. The molecule has 0 N–H and O–H groups in total. The fraction of sp³-hybridized carbons (Fsp3) is 0.462. The molecule has 0 atom stereocenters. The first kappa shape index (κ1) is 14.2. The molecule has 0 amide bonds. The minimum Gasteiger partial charge on any atom is -0.374 e. The third-order valence-corrected chi connectivity index (χ3v) is 2.49. The number of hydrogen-bond acceptors (Lipinski definition) is 4. The van der Waals surface area contributed by atoms with Gasteiger partial charge in [0.25, 0.3) is 5.69 Å². The average molecular weight is 250 g/mol. The second kappa shape index (κ2) is 5.16. The Labute approximate surface area is 107 Å². The highest BCUT2D eigenvalue weighted by Crippen LogP contribution is 2.25. The van der Waals surface area contributed by atoms with Crippen molar-refractivity contribution in [1.82, 2.24) is 0 Å². The lowest BCUT2D eigenvalue weighted by atomic mass is 9.96. The molecule has 0 bridgehead atoms. The van der Waals surface area contributed by atoms with Crippen LogP contribution in [0.15, 0.2) is 18.2 Å². The molecule has 0 heterocycles. The second-order valence-corrected chi connectivity index (χ2v) is 5.53. The van der Waals surface area contributed by atoms with Crippen LogP contribution in [0, 0.1) is 15.5 Å². The Morgan fingerprint density at radius 3 is 2.44 bits per heavy atom. The molecular weight excluding hydrogens is 232 g/mol. The van der Waals surface area contributed by atoms with Crippen LogP contribution in [0.2, 0.25) is 0 Å². The van der Waals surface area contributed by atoms with Crippen molar-refractivity contribution in [3.05, 3.63) is 33.9 Å². The highest BCUT2D eigenvalue weighted by atomic mass is 16.6. The van der Waals surface area contributed by atoms with Gasteiger partial charge in [0.15, 0.2) is 6.29 Å². The highest BCUT2D eigenvalue weighted by Gasteiger charge is 2.17. The van der Waals surface area contributed by atoms with Gasteiger partial charge in [-0.25, -0.2) is 0 Å². The van der Waals surface area contributed by atoms with Gasteiger partial charge in [-0.3, -0.25) is 14.9 Å². The van der Waals surface area contributed by atoms with E-state index in [1.165, 1.54) is 6.07 Å². The van der Waals surface area contributed by atoms with Crippen LogP contribution in [-0.4, -0.2) is 24.8 Å². The van der Waals surface area contributed by atoms with Crippen molar-refractivity contribution in [2.24, 2.45) is 5.41 Å². The van der Waals surface area contributed by atoms with Gasteiger partial charge in [0.2, 0.25) is 0 Å². The van der Waals surface area contributed by atoms with Gasteiger partial charge in [-0.2, -0.15) is 0 Å². The summed E-state index contributed by atoms with van der Waals surface area (Å²) in [4.78, 5) is 23.0. The van der Waals surface area contributed by atoms with Crippen molar-refractivity contribution >= 4 is 17.7 Å². The Balaban J connectivity index is 3.05.